The fraction of sp³-hybridized carbons (Fsp3) is 0.429. The number of hydrogen-bond acceptors (Lipinski definition) is 1. The van der Waals surface area contributed by atoms with Gasteiger partial charge in [0.2, 0.25) is 0 Å². The van der Waals surface area contributed by atoms with Crippen LogP contribution in [0, 0.1) is 0 Å². The summed E-state index contributed by atoms with van der Waals surface area (Å²) in [6, 6.07) is 6.05. The average Bonchev–Trinajstić information content (AvgIpc) is 2.21. The van der Waals surface area contributed by atoms with E-state index < -0.39 is 0 Å². The molecule has 0 saturated carbocycles. The van der Waals surface area contributed by atoms with Crippen LogP contribution in [0.25, 0.3) is 0 Å². The third-order valence-electron chi connectivity index (χ3n) is 2.57. The molecule has 1 unspecified atom stereocenters. The summed E-state index contributed by atoms with van der Waals surface area (Å²) in [6.45, 7) is 9.06. The van der Waals surface area contributed by atoms with Gasteiger partial charge in [0.15, 0.2) is 0 Å². The summed E-state index contributed by atoms with van der Waals surface area (Å²) < 4.78 is 0. The lowest BCUT2D eigenvalue weighted by Crippen LogP contribution is -2.31. The van der Waals surface area contributed by atoms with Crippen LogP contribution in [0.15, 0.2) is 30.4 Å². The smallest absolute Gasteiger partial charge is 0.0453 e. The second-order valence-corrected chi connectivity index (χ2v) is 5.20. The normalized spacial score (nSPS) is 12.5. The summed E-state index contributed by atoms with van der Waals surface area (Å²) in [5.41, 5.74) is 2.31. The van der Waals surface area contributed by atoms with Crippen LogP contribution in [0.1, 0.15) is 25.8 Å². The van der Waals surface area contributed by atoms with Gasteiger partial charge in [-0.1, -0.05) is 41.8 Å². The number of benzene rings is 1. The molecule has 94 valence electrons. The number of nitrogens with one attached hydrogen (secondary N) is 1. The van der Waals surface area contributed by atoms with E-state index in [0.29, 0.717) is 11.1 Å². The molecule has 0 aliphatic heterocycles. The number of likely N-dealkylation sites (N-methyl/N-ethyl adjacent to an activating group) is 1. The fourth-order valence-electron chi connectivity index (χ4n) is 1.88. The second-order valence-electron chi connectivity index (χ2n) is 4.36. The van der Waals surface area contributed by atoms with Crippen molar-refractivity contribution in [2.45, 2.75) is 32.7 Å². The first-order chi connectivity index (χ1) is 8.02. The Bertz CT molecular complexity index is 388. The van der Waals surface area contributed by atoms with E-state index in [1.807, 2.05) is 19.1 Å². The summed E-state index contributed by atoms with van der Waals surface area (Å²) in [5.74, 6) is 0. The summed E-state index contributed by atoms with van der Waals surface area (Å²) in [6.07, 6.45) is 1.86. The Morgan fingerprint density at radius 2 is 2.12 bits per heavy atom. The Kier molecular flexibility index (Phi) is 6.04. The Morgan fingerprint density at radius 3 is 2.65 bits per heavy atom. The van der Waals surface area contributed by atoms with Crippen LogP contribution in [-0.2, 0) is 6.42 Å². The third kappa shape index (κ3) is 5.12. The van der Waals surface area contributed by atoms with Crippen LogP contribution in [0.3, 0.4) is 0 Å². The van der Waals surface area contributed by atoms with E-state index in [1.54, 1.807) is 6.07 Å². The summed E-state index contributed by atoms with van der Waals surface area (Å²) in [5, 5.41) is 4.87. The first kappa shape index (κ1) is 14.6. The van der Waals surface area contributed by atoms with Crippen LogP contribution in [0.4, 0.5) is 0 Å². The lowest BCUT2D eigenvalue weighted by molar-refractivity contribution is 0.520. The first-order valence-corrected chi connectivity index (χ1v) is 6.60. The maximum atomic E-state index is 6.18. The van der Waals surface area contributed by atoms with E-state index in [-0.39, 0.29) is 0 Å². The highest BCUT2D eigenvalue weighted by atomic mass is 35.5. The molecule has 0 aliphatic rings. The monoisotopic (exact) mass is 271 g/mol. The molecule has 1 N–H and O–H groups in total. The van der Waals surface area contributed by atoms with Crippen molar-refractivity contribution in [2.24, 2.45) is 0 Å². The highest BCUT2D eigenvalue weighted by Crippen LogP contribution is 2.23. The maximum Gasteiger partial charge on any atom is 0.0453 e. The van der Waals surface area contributed by atoms with E-state index in [0.717, 1.165) is 30.0 Å². The minimum Gasteiger partial charge on any atom is -0.314 e. The molecule has 0 fully saturated rings. The van der Waals surface area contributed by atoms with Gasteiger partial charge in [-0.05, 0) is 44.0 Å². The van der Waals surface area contributed by atoms with E-state index >= 15 is 0 Å². The van der Waals surface area contributed by atoms with Crippen LogP contribution in [0.2, 0.25) is 10.0 Å². The molecule has 0 amide bonds. The van der Waals surface area contributed by atoms with Gasteiger partial charge in [-0.25, -0.2) is 0 Å². The Balaban J connectivity index is 2.74. The quantitative estimate of drug-likeness (QED) is 0.753. The van der Waals surface area contributed by atoms with Crippen LogP contribution in [0.5, 0.6) is 0 Å². The van der Waals surface area contributed by atoms with Crippen molar-refractivity contribution < 1.29 is 0 Å². The average molecular weight is 272 g/mol. The molecule has 1 aromatic rings. The standard InChI is InChI=1S/C14H19Cl2N/c1-4-17-13(7-10(2)3)8-11-5-6-12(15)9-14(11)16/h5-6,9,13,17H,2,4,7-8H2,1,3H3. The van der Waals surface area contributed by atoms with Gasteiger partial charge in [0.25, 0.3) is 0 Å². The molecule has 0 aliphatic carbocycles. The molecule has 1 rings (SSSR count). The predicted octanol–water partition coefficient (Wildman–Crippen LogP) is 4.48. The SMILES string of the molecule is C=C(C)CC(Cc1ccc(Cl)cc1Cl)NCC. The number of rotatable bonds is 6. The van der Waals surface area contributed by atoms with E-state index in [1.165, 1.54) is 5.57 Å². The van der Waals surface area contributed by atoms with Gasteiger partial charge < -0.3 is 5.32 Å². The maximum absolute atomic E-state index is 6.18. The lowest BCUT2D eigenvalue weighted by atomic mass is 10.0. The summed E-state index contributed by atoms with van der Waals surface area (Å²) in [4.78, 5) is 0. The highest BCUT2D eigenvalue weighted by molar-refractivity contribution is 6.35. The molecule has 0 saturated heterocycles. The van der Waals surface area contributed by atoms with Crippen molar-refractivity contribution in [1.82, 2.24) is 5.32 Å². The number of hydrogen-bond donors (Lipinski definition) is 1. The third-order valence-corrected chi connectivity index (χ3v) is 3.16. The van der Waals surface area contributed by atoms with Crippen LogP contribution < -0.4 is 5.32 Å². The largest absolute Gasteiger partial charge is 0.314 e. The molecule has 3 heteroatoms. The van der Waals surface area contributed by atoms with Crippen LogP contribution >= 0.6 is 23.2 Å². The fourth-order valence-corrected chi connectivity index (χ4v) is 2.36. The molecular formula is C14H19Cl2N. The molecule has 0 bridgehead atoms. The zero-order valence-corrected chi connectivity index (χ0v) is 11.9. The molecule has 1 nitrogen and oxygen atoms in total. The number of halogens is 2. The molecule has 0 radical (unpaired) electrons. The first-order valence-electron chi connectivity index (χ1n) is 5.84. The minimum absolute atomic E-state index is 0.385. The van der Waals surface area contributed by atoms with Gasteiger partial charge in [-0.3, -0.25) is 0 Å². The van der Waals surface area contributed by atoms with Gasteiger partial charge in [-0.15, -0.1) is 6.58 Å². The summed E-state index contributed by atoms with van der Waals surface area (Å²) in [7, 11) is 0. The zero-order valence-electron chi connectivity index (χ0n) is 10.4. The van der Waals surface area contributed by atoms with Crippen molar-refractivity contribution in [3.8, 4) is 0 Å². The van der Waals surface area contributed by atoms with Crippen molar-refractivity contribution in [3.63, 3.8) is 0 Å². The van der Waals surface area contributed by atoms with Crippen molar-refractivity contribution >= 4 is 23.2 Å². The van der Waals surface area contributed by atoms with Crippen LogP contribution in [-0.4, -0.2) is 12.6 Å². The highest BCUT2D eigenvalue weighted by Gasteiger charge is 2.11. The lowest BCUT2D eigenvalue weighted by Gasteiger charge is -2.18. The Hall–Kier alpha value is -0.500. The second kappa shape index (κ2) is 7.05. The molecular weight excluding hydrogens is 253 g/mol. The van der Waals surface area contributed by atoms with Gasteiger partial charge in [-0.2, -0.15) is 0 Å². The van der Waals surface area contributed by atoms with E-state index in [2.05, 4.69) is 18.8 Å². The Morgan fingerprint density at radius 1 is 1.41 bits per heavy atom. The van der Waals surface area contributed by atoms with Crippen molar-refractivity contribution in [3.05, 3.63) is 46.0 Å². The molecule has 0 spiro atoms. The van der Waals surface area contributed by atoms with Crippen molar-refractivity contribution in [1.29, 1.82) is 0 Å². The van der Waals surface area contributed by atoms with E-state index in [9.17, 15) is 0 Å². The molecule has 1 aromatic carbocycles. The molecule has 0 heterocycles. The van der Waals surface area contributed by atoms with Gasteiger partial charge in [0.1, 0.15) is 0 Å². The van der Waals surface area contributed by atoms with Gasteiger partial charge in [0.05, 0.1) is 0 Å². The van der Waals surface area contributed by atoms with Gasteiger partial charge >= 0.3 is 0 Å². The topological polar surface area (TPSA) is 12.0 Å². The molecule has 0 aromatic heterocycles. The van der Waals surface area contributed by atoms with Crippen molar-refractivity contribution in [2.75, 3.05) is 6.54 Å². The summed E-state index contributed by atoms with van der Waals surface area (Å²) >= 11 is 12.1. The van der Waals surface area contributed by atoms with Gasteiger partial charge in [0, 0.05) is 16.1 Å². The predicted molar refractivity (Wildman–Crippen MR) is 77.1 cm³/mol. The zero-order chi connectivity index (χ0) is 12.8. The molecule has 1 atom stereocenters. The van der Waals surface area contributed by atoms with E-state index in [4.69, 9.17) is 23.2 Å². The minimum atomic E-state index is 0.385. The molecule has 17 heavy (non-hydrogen) atoms. The Labute approximate surface area is 114 Å².